The minimum atomic E-state index is -3.61. The van der Waals surface area contributed by atoms with Crippen molar-refractivity contribution < 1.29 is 8.42 Å². The minimum absolute atomic E-state index is 0. The van der Waals surface area contributed by atoms with Gasteiger partial charge in [-0.05, 0) is 43.5 Å². The van der Waals surface area contributed by atoms with Crippen LogP contribution in [0.3, 0.4) is 0 Å². The van der Waals surface area contributed by atoms with Crippen LogP contribution in [0.5, 0.6) is 0 Å². The van der Waals surface area contributed by atoms with Crippen LogP contribution in [0.4, 0.5) is 0 Å². The van der Waals surface area contributed by atoms with E-state index in [1.165, 1.54) is 6.07 Å². The summed E-state index contributed by atoms with van der Waals surface area (Å²) >= 11 is 9.29. The SMILES string of the molecule is Cl.NCC1CCCCC1NS(=O)(=O)c1ccc(Br)cc1Cl. The Bertz CT molecular complexity index is 584. The van der Waals surface area contributed by atoms with Crippen LogP contribution in [-0.2, 0) is 10.0 Å². The second kappa shape index (κ2) is 8.13. The zero-order valence-corrected chi connectivity index (χ0v) is 15.4. The number of benzene rings is 1. The summed E-state index contributed by atoms with van der Waals surface area (Å²) in [5.41, 5.74) is 5.73. The molecule has 0 bridgehead atoms. The van der Waals surface area contributed by atoms with Crippen molar-refractivity contribution in [2.45, 2.75) is 36.6 Å². The van der Waals surface area contributed by atoms with Gasteiger partial charge in [-0.2, -0.15) is 0 Å². The van der Waals surface area contributed by atoms with Crippen molar-refractivity contribution in [3.8, 4) is 0 Å². The van der Waals surface area contributed by atoms with Gasteiger partial charge in [-0.25, -0.2) is 13.1 Å². The third-order valence-electron chi connectivity index (χ3n) is 3.70. The first-order valence-corrected chi connectivity index (χ1v) is 9.27. The van der Waals surface area contributed by atoms with Gasteiger partial charge in [-0.3, -0.25) is 0 Å². The molecule has 4 nitrogen and oxygen atoms in total. The molecule has 1 saturated carbocycles. The molecule has 21 heavy (non-hydrogen) atoms. The highest BCUT2D eigenvalue weighted by Crippen LogP contribution is 2.28. The molecule has 0 spiro atoms. The van der Waals surface area contributed by atoms with Crippen LogP contribution in [0, 0.1) is 5.92 Å². The van der Waals surface area contributed by atoms with Gasteiger partial charge in [0.1, 0.15) is 4.90 Å². The Morgan fingerprint density at radius 2 is 2.00 bits per heavy atom. The Kier molecular flexibility index (Phi) is 7.43. The lowest BCUT2D eigenvalue weighted by Gasteiger charge is -2.31. The minimum Gasteiger partial charge on any atom is -0.330 e. The summed E-state index contributed by atoms with van der Waals surface area (Å²) in [5, 5.41) is 0.215. The van der Waals surface area contributed by atoms with Crippen LogP contribution < -0.4 is 10.5 Å². The molecule has 1 fully saturated rings. The monoisotopic (exact) mass is 416 g/mol. The molecule has 0 aliphatic heterocycles. The van der Waals surface area contributed by atoms with E-state index in [-0.39, 0.29) is 34.3 Å². The van der Waals surface area contributed by atoms with Gasteiger partial charge in [-0.15, -0.1) is 12.4 Å². The first kappa shape index (κ1) is 19.2. The van der Waals surface area contributed by atoms with Crippen molar-refractivity contribution in [1.82, 2.24) is 4.72 Å². The van der Waals surface area contributed by atoms with E-state index in [0.717, 1.165) is 30.2 Å². The highest BCUT2D eigenvalue weighted by Gasteiger charge is 2.29. The summed E-state index contributed by atoms with van der Waals surface area (Å²) in [5.74, 6) is 0.202. The fourth-order valence-corrected chi connectivity index (χ4v) is 4.98. The van der Waals surface area contributed by atoms with Gasteiger partial charge < -0.3 is 5.73 Å². The normalized spacial score (nSPS) is 22.6. The lowest BCUT2D eigenvalue weighted by Crippen LogP contribution is -2.44. The van der Waals surface area contributed by atoms with Crippen molar-refractivity contribution in [1.29, 1.82) is 0 Å². The van der Waals surface area contributed by atoms with E-state index in [2.05, 4.69) is 20.7 Å². The molecule has 2 rings (SSSR count). The number of sulfonamides is 1. The molecule has 0 amide bonds. The van der Waals surface area contributed by atoms with E-state index in [4.69, 9.17) is 17.3 Å². The number of rotatable bonds is 4. The molecule has 3 N–H and O–H groups in total. The maximum atomic E-state index is 12.4. The van der Waals surface area contributed by atoms with Crippen LogP contribution in [0.15, 0.2) is 27.6 Å². The lowest BCUT2D eigenvalue weighted by atomic mass is 9.85. The molecule has 1 aliphatic rings. The smallest absolute Gasteiger partial charge is 0.242 e. The molecule has 0 heterocycles. The van der Waals surface area contributed by atoms with E-state index in [9.17, 15) is 8.42 Å². The molecular formula is C13H19BrCl2N2O2S. The maximum absolute atomic E-state index is 12.4. The second-order valence-corrected chi connectivity index (χ2v) is 8.09. The standard InChI is InChI=1S/C13H18BrClN2O2S.ClH/c14-10-5-6-13(11(15)7-10)20(18,19)17-12-4-2-1-3-9(12)8-16;/h5-7,9,12,17H,1-4,8,16H2;1H. The lowest BCUT2D eigenvalue weighted by molar-refractivity contribution is 0.296. The van der Waals surface area contributed by atoms with Crippen molar-refractivity contribution >= 4 is 50.0 Å². The predicted octanol–water partition coefficient (Wildman–Crippen LogP) is 3.32. The Hall–Kier alpha value is 0.150. The van der Waals surface area contributed by atoms with Crippen LogP contribution in [0.1, 0.15) is 25.7 Å². The second-order valence-electron chi connectivity index (χ2n) is 5.08. The van der Waals surface area contributed by atoms with E-state index < -0.39 is 10.0 Å². The van der Waals surface area contributed by atoms with Crippen molar-refractivity contribution in [3.63, 3.8) is 0 Å². The predicted molar refractivity (Wildman–Crippen MR) is 91.5 cm³/mol. The summed E-state index contributed by atoms with van der Waals surface area (Å²) in [4.78, 5) is 0.115. The third-order valence-corrected chi connectivity index (χ3v) is 6.17. The number of hydrogen-bond acceptors (Lipinski definition) is 3. The van der Waals surface area contributed by atoms with Crippen LogP contribution in [0.2, 0.25) is 5.02 Å². The molecule has 1 aliphatic carbocycles. The zero-order chi connectivity index (χ0) is 14.8. The molecule has 1 aromatic carbocycles. The number of halogens is 3. The van der Waals surface area contributed by atoms with Crippen molar-refractivity contribution in [2.75, 3.05) is 6.54 Å². The number of nitrogens with two attached hydrogens (primary N) is 1. The van der Waals surface area contributed by atoms with Gasteiger partial charge in [0, 0.05) is 10.5 Å². The maximum Gasteiger partial charge on any atom is 0.242 e. The summed E-state index contributed by atoms with van der Waals surface area (Å²) in [6, 6.07) is 4.66. The molecule has 0 saturated heterocycles. The first-order valence-electron chi connectivity index (χ1n) is 6.61. The Balaban J connectivity index is 0.00000220. The van der Waals surface area contributed by atoms with Crippen molar-refractivity contribution in [2.24, 2.45) is 11.7 Å². The molecule has 2 atom stereocenters. The Morgan fingerprint density at radius 1 is 1.33 bits per heavy atom. The number of nitrogens with one attached hydrogen (secondary N) is 1. The highest BCUT2D eigenvalue weighted by atomic mass is 79.9. The molecule has 1 aromatic rings. The van der Waals surface area contributed by atoms with Gasteiger partial charge in [-0.1, -0.05) is 40.4 Å². The average Bonchev–Trinajstić information content (AvgIpc) is 2.38. The van der Waals surface area contributed by atoms with Crippen molar-refractivity contribution in [3.05, 3.63) is 27.7 Å². The van der Waals surface area contributed by atoms with E-state index in [0.29, 0.717) is 6.54 Å². The average molecular weight is 418 g/mol. The van der Waals surface area contributed by atoms with Gasteiger partial charge in [0.05, 0.1) is 5.02 Å². The summed E-state index contributed by atoms with van der Waals surface area (Å²) in [6.07, 6.45) is 3.93. The van der Waals surface area contributed by atoms with E-state index >= 15 is 0 Å². The van der Waals surface area contributed by atoms with Gasteiger partial charge >= 0.3 is 0 Å². The third kappa shape index (κ3) is 4.81. The fraction of sp³-hybridized carbons (Fsp3) is 0.538. The molecule has 0 radical (unpaired) electrons. The van der Waals surface area contributed by atoms with Gasteiger partial charge in [0.15, 0.2) is 0 Å². The summed E-state index contributed by atoms with van der Waals surface area (Å²) < 4.78 is 28.4. The molecule has 2 unspecified atom stereocenters. The van der Waals surface area contributed by atoms with Crippen LogP contribution in [-0.4, -0.2) is 21.0 Å². The van der Waals surface area contributed by atoms with E-state index in [1.807, 2.05) is 0 Å². The largest absolute Gasteiger partial charge is 0.330 e. The van der Waals surface area contributed by atoms with Gasteiger partial charge in [0.25, 0.3) is 0 Å². The molecule has 120 valence electrons. The Labute approximate surface area is 145 Å². The zero-order valence-electron chi connectivity index (χ0n) is 11.4. The van der Waals surface area contributed by atoms with Gasteiger partial charge in [0.2, 0.25) is 10.0 Å². The highest BCUT2D eigenvalue weighted by molar-refractivity contribution is 9.10. The Morgan fingerprint density at radius 3 is 2.62 bits per heavy atom. The quantitative estimate of drug-likeness (QED) is 0.788. The van der Waals surface area contributed by atoms with E-state index in [1.54, 1.807) is 12.1 Å². The summed E-state index contributed by atoms with van der Waals surface area (Å²) in [7, 11) is -3.61. The molecule has 0 aromatic heterocycles. The molecule has 8 heteroatoms. The first-order chi connectivity index (χ1) is 9.44. The molecular weight excluding hydrogens is 399 g/mol. The van der Waals surface area contributed by atoms with Crippen LogP contribution >= 0.6 is 39.9 Å². The summed E-state index contributed by atoms with van der Waals surface area (Å²) in [6.45, 7) is 0.501. The van der Waals surface area contributed by atoms with Crippen LogP contribution in [0.25, 0.3) is 0 Å². The topological polar surface area (TPSA) is 72.2 Å². The fourth-order valence-electron chi connectivity index (χ4n) is 2.60. The number of hydrogen-bond donors (Lipinski definition) is 2.